The van der Waals surface area contributed by atoms with Gasteiger partial charge in [0.05, 0.1) is 23.3 Å². The Hall–Kier alpha value is -2.73. The molecule has 4 aromatic rings. The van der Waals surface area contributed by atoms with Crippen molar-refractivity contribution >= 4 is 56.7 Å². The standard InChI is InChI=1S/C21H19IN6O2S/c1-27-18(11-17-15-5-3-4-6-16(15)20(30)28(2)26-17)24-25-21(27)31-12-19(29)23-14-9-7-13(22)8-10-14/h3-10H,11-12H2,1-2H3,(H,23,29). The van der Waals surface area contributed by atoms with E-state index < -0.39 is 0 Å². The lowest BCUT2D eigenvalue weighted by Gasteiger charge is -2.08. The number of hydrogen-bond donors (Lipinski definition) is 1. The molecule has 0 unspecified atom stereocenters. The van der Waals surface area contributed by atoms with Crippen molar-refractivity contribution in [2.24, 2.45) is 14.1 Å². The summed E-state index contributed by atoms with van der Waals surface area (Å²) < 4.78 is 4.31. The minimum Gasteiger partial charge on any atom is -0.325 e. The van der Waals surface area contributed by atoms with Crippen LogP contribution in [-0.4, -0.2) is 36.2 Å². The predicted molar refractivity (Wildman–Crippen MR) is 129 cm³/mol. The van der Waals surface area contributed by atoms with Gasteiger partial charge in [0.25, 0.3) is 5.56 Å². The van der Waals surface area contributed by atoms with Crippen LogP contribution >= 0.6 is 34.4 Å². The fraction of sp³-hybridized carbons (Fsp3) is 0.190. The van der Waals surface area contributed by atoms with Crippen LogP contribution in [0.5, 0.6) is 0 Å². The maximum atomic E-state index is 12.3. The first-order valence-electron chi connectivity index (χ1n) is 9.44. The minimum absolute atomic E-state index is 0.110. The summed E-state index contributed by atoms with van der Waals surface area (Å²) in [5, 5.41) is 17.9. The van der Waals surface area contributed by atoms with Crippen molar-refractivity contribution in [2.45, 2.75) is 11.6 Å². The first-order chi connectivity index (χ1) is 14.9. The van der Waals surface area contributed by atoms with Gasteiger partial charge in [0.2, 0.25) is 5.91 Å². The molecule has 2 aromatic heterocycles. The van der Waals surface area contributed by atoms with Gasteiger partial charge in [-0.3, -0.25) is 9.59 Å². The summed E-state index contributed by atoms with van der Waals surface area (Å²) >= 11 is 3.54. The molecule has 1 N–H and O–H groups in total. The minimum atomic E-state index is -0.132. The Morgan fingerprint density at radius 3 is 2.52 bits per heavy atom. The van der Waals surface area contributed by atoms with E-state index >= 15 is 0 Å². The van der Waals surface area contributed by atoms with E-state index in [2.05, 4.69) is 43.2 Å². The van der Waals surface area contributed by atoms with Crippen LogP contribution in [0.15, 0.2) is 58.5 Å². The second-order valence-electron chi connectivity index (χ2n) is 6.90. The summed E-state index contributed by atoms with van der Waals surface area (Å²) in [6.07, 6.45) is 0.424. The zero-order valence-corrected chi connectivity index (χ0v) is 19.8. The summed E-state index contributed by atoms with van der Waals surface area (Å²) in [6.45, 7) is 0. The Kier molecular flexibility index (Phi) is 6.37. The molecule has 31 heavy (non-hydrogen) atoms. The second kappa shape index (κ2) is 9.18. The van der Waals surface area contributed by atoms with Crippen LogP contribution in [0.2, 0.25) is 0 Å². The van der Waals surface area contributed by atoms with E-state index in [-0.39, 0.29) is 17.2 Å². The van der Waals surface area contributed by atoms with Crippen LogP contribution in [0.25, 0.3) is 10.8 Å². The lowest BCUT2D eigenvalue weighted by Crippen LogP contribution is -2.21. The third kappa shape index (κ3) is 4.79. The van der Waals surface area contributed by atoms with Gasteiger partial charge in [-0.1, -0.05) is 30.0 Å². The Morgan fingerprint density at radius 2 is 1.77 bits per heavy atom. The van der Waals surface area contributed by atoms with E-state index in [1.165, 1.54) is 16.4 Å². The SMILES string of the molecule is Cn1c(Cc2nn(C)c(=O)c3ccccc23)nnc1SCC(=O)Nc1ccc(I)cc1. The Morgan fingerprint density at radius 1 is 1.06 bits per heavy atom. The van der Waals surface area contributed by atoms with Crippen LogP contribution in [0.1, 0.15) is 11.5 Å². The van der Waals surface area contributed by atoms with Crippen LogP contribution < -0.4 is 10.9 Å². The molecule has 0 aliphatic carbocycles. The van der Waals surface area contributed by atoms with Crippen molar-refractivity contribution < 1.29 is 4.79 Å². The predicted octanol–water partition coefficient (Wildman–Crippen LogP) is 2.99. The van der Waals surface area contributed by atoms with Crippen LogP contribution in [0.3, 0.4) is 0 Å². The van der Waals surface area contributed by atoms with E-state index in [9.17, 15) is 9.59 Å². The molecule has 0 aliphatic rings. The highest BCUT2D eigenvalue weighted by molar-refractivity contribution is 14.1. The average molecular weight is 546 g/mol. The van der Waals surface area contributed by atoms with Crippen molar-refractivity contribution in [1.29, 1.82) is 0 Å². The second-order valence-corrected chi connectivity index (χ2v) is 9.09. The topological polar surface area (TPSA) is 94.7 Å². The lowest BCUT2D eigenvalue weighted by atomic mass is 10.1. The van der Waals surface area contributed by atoms with Gasteiger partial charge in [0.1, 0.15) is 5.82 Å². The van der Waals surface area contributed by atoms with E-state index in [0.29, 0.717) is 22.8 Å². The number of rotatable bonds is 6. The molecule has 4 rings (SSSR count). The van der Waals surface area contributed by atoms with Crippen molar-refractivity contribution in [2.75, 3.05) is 11.1 Å². The largest absolute Gasteiger partial charge is 0.325 e. The molecule has 0 saturated carbocycles. The summed E-state index contributed by atoms with van der Waals surface area (Å²) in [6, 6.07) is 15.0. The number of thioether (sulfide) groups is 1. The molecule has 0 saturated heterocycles. The zero-order valence-electron chi connectivity index (χ0n) is 16.9. The van der Waals surface area contributed by atoms with Gasteiger partial charge in [-0.05, 0) is 52.9 Å². The number of fused-ring (bicyclic) bond motifs is 1. The number of anilines is 1. The van der Waals surface area contributed by atoms with Gasteiger partial charge in [-0.25, -0.2) is 4.68 Å². The highest BCUT2D eigenvalue weighted by Crippen LogP contribution is 2.20. The third-order valence-corrected chi connectivity index (χ3v) is 6.48. The average Bonchev–Trinajstić information content (AvgIpc) is 3.11. The normalized spacial score (nSPS) is 11.1. The molecule has 0 fully saturated rings. The molecule has 0 spiro atoms. The monoisotopic (exact) mass is 546 g/mol. The molecule has 0 aliphatic heterocycles. The van der Waals surface area contributed by atoms with Gasteiger partial charge in [0, 0.05) is 28.7 Å². The first kappa shape index (κ1) is 21.5. The van der Waals surface area contributed by atoms with Gasteiger partial charge >= 0.3 is 0 Å². The van der Waals surface area contributed by atoms with Crippen molar-refractivity contribution in [1.82, 2.24) is 24.5 Å². The van der Waals surface area contributed by atoms with E-state index in [1.807, 2.05) is 54.1 Å². The summed E-state index contributed by atoms with van der Waals surface area (Å²) in [5.41, 5.74) is 1.38. The molecule has 0 bridgehead atoms. The number of carbonyl (C=O) groups excluding carboxylic acids is 1. The smallest absolute Gasteiger partial charge is 0.274 e. The Bertz CT molecular complexity index is 1320. The molecule has 1 amide bonds. The zero-order chi connectivity index (χ0) is 22.0. The molecule has 2 aromatic carbocycles. The Labute approximate surface area is 196 Å². The summed E-state index contributed by atoms with van der Waals surface area (Å²) in [7, 11) is 3.50. The highest BCUT2D eigenvalue weighted by Gasteiger charge is 2.15. The highest BCUT2D eigenvalue weighted by atomic mass is 127. The fourth-order valence-electron chi connectivity index (χ4n) is 3.14. The molecular formula is C21H19IN6O2S. The first-order valence-corrected chi connectivity index (χ1v) is 11.5. The van der Waals surface area contributed by atoms with Gasteiger partial charge in [0.15, 0.2) is 5.16 Å². The van der Waals surface area contributed by atoms with Crippen molar-refractivity contribution in [3.8, 4) is 0 Å². The number of carbonyl (C=O) groups is 1. The Balaban J connectivity index is 1.47. The molecule has 10 heteroatoms. The summed E-state index contributed by atoms with van der Waals surface area (Å²) in [5.74, 6) is 0.817. The van der Waals surface area contributed by atoms with E-state index in [0.717, 1.165) is 20.3 Å². The van der Waals surface area contributed by atoms with Crippen LogP contribution in [0, 0.1) is 3.57 Å². The van der Waals surface area contributed by atoms with Gasteiger partial charge in [-0.2, -0.15) is 5.10 Å². The van der Waals surface area contributed by atoms with E-state index in [1.54, 1.807) is 13.1 Å². The number of nitrogens with one attached hydrogen (secondary N) is 1. The van der Waals surface area contributed by atoms with Gasteiger partial charge < -0.3 is 9.88 Å². The number of halogens is 1. The van der Waals surface area contributed by atoms with Crippen molar-refractivity contribution in [3.63, 3.8) is 0 Å². The van der Waals surface area contributed by atoms with Crippen molar-refractivity contribution in [3.05, 3.63) is 74.0 Å². The molecule has 2 heterocycles. The maximum absolute atomic E-state index is 12.3. The number of aryl methyl sites for hydroxylation is 1. The molecule has 158 valence electrons. The molecular weight excluding hydrogens is 527 g/mol. The van der Waals surface area contributed by atoms with Gasteiger partial charge in [-0.15, -0.1) is 10.2 Å². The van der Waals surface area contributed by atoms with Crippen LogP contribution in [0.4, 0.5) is 5.69 Å². The number of amides is 1. The third-order valence-electron chi connectivity index (χ3n) is 4.74. The number of benzene rings is 2. The lowest BCUT2D eigenvalue weighted by molar-refractivity contribution is -0.113. The number of nitrogens with zero attached hydrogens (tertiary/aromatic N) is 5. The van der Waals surface area contributed by atoms with E-state index in [4.69, 9.17) is 0 Å². The number of hydrogen-bond acceptors (Lipinski definition) is 6. The molecule has 8 nitrogen and oxygen atoms in total. The molecule has 0 radical (unpaired) electrons. The quantitative estimate of drug-likeness (QED) is 0.295. The van der Waals surface area contributed by atoms with Crippen LogP contribution in [-0.2, 0) is 25.3 Å². The maximum Gasteiger partial charge on any atom is 0.274 e. The summed E-state index contributed by atoms with van der Waals surface area (Å²) in [4.78, 5) is 24.6. The molecule has 0 atom stereocenters. The fourth-order valence-corrected chi connectivity index (χ4v) is 4.23. The number of aromatic nitrogens is 5.